The first-order valence-electron chi connectivity index (χ1n) is 6.21. The Hall–Kier alpha value is -0.810. The van der Waals surface area contributed by atoms with Crippen LogP contribution in [-0.2, 0) is 6.42 Å². The fourth-order valence-corrected chi connectivity index (χ4v) is 3.02. The first kappa shape index (κ1) is 12.6. The number of aromatic nitrogens is 2. The van der Waals surface area contributed by atoms with E-state index < -0.39 is 0 Å². The maximum absolute atomic E-state index is 11.5. The molecule has 0 aromatic carbocycles. The third-order valence-corrected chi connectivity index (χ3v) is 4.00. The lowest BCUT2D eigenvalue weighted by molar-refractivity contribution is 0.661. The van der Waals surface area contributed by atoms with E-state index in [1.54, 1.807) is 17.8 Å². The summed E-state index contributed by atoms with van der Waals surface area (Å²) in [5.74, 6) is 1.74. The first-order chi connectivity index (χ1) is 8.28. The van der Waals surface area contributed by atoms with Crippen molar-refractivity contribution in [2.45, 2.75) is 31.3 Å². The fraction of sp³-hybridized carbons (Fsp3) is 0.667. The minimum atomic E-state index is -0.0319. The van der Waals surface area contributed by atoms with Crippen LogP contribution in [0.3, 0.4) is 0 Å². The summed E-state index contributed by atoms with van der Waals surface area (Å²) >= 11 is 1.67. The second-order valence-electron chi connectivity index (χ2n) is 4.46. The molecule has 2 rings (SSSR count). The van der Waals surface area contributed by atoms with Crippen LogP contribution < -0.4 is 10.9 Å². The molecule has 1 atom stereocenters. The number of nitrogens with zero attached hydrogens (tertiary/aromatic N) is 1. The Morgan fingerprint density at radius 1 is 1.59 bits per heavy atom. The molecule has 0 aliphatic carbocycles. The highest BCUT2D eigenvalue weighted by atomic mass is 32.2. The van der Waals surface area contributed by atoms with Crippen LogP contribution in [0.25, 0.3) is 0 Å². The van der Waals surface area contributed by atoms with Crippen LogP contribution >= 0.6 is 11.8 Å². The van der Waals surface area contributed by atoms with Crippen LogP contribution in [0, 0.1) is 5.92 Å². The summed E-state index contributed by atoms with van der Waals surface area (Å²) in [7, 11) is 0. The SMILES string of the molecule is CCCc1cc(=O)[nH]c(SCC2CCNC2)n1. The standard InChI is InChI=1S/C12H19N3OS/c1-2-3-10-6-11(16)15-12(14-10)17-8-9-4-5-13-7-9/h6,9,13H,2-5,7-8H2,1H3,(H,14,15,16). The Bertz CT molecular complexity index is 412. The van der Waals surface area contributed by atoms with Crippen molar-refractivity contribution in [1.82, 2.24) is 15.3 Å². The average molecular weight is 253 g/mol. The van der Waals surface area contributed by atoms with E-state index >= 15 is 0 Å². The maximum Gasteiger partial charge on any atom is 0.251 e. The monoisotopic (exact) mass is 253 g/mol. The van der Waals surface area contributed by atoms with Gasteiger partial charge in [-0.1, -0.05) is 25.1 Å². The Balaban J connectivity index is 1.96. The van der Waals surface area contributed by atoms with Crippen molar-refractivity contribution in [2.24, 2.45) is 5.92 Å². The zero-order chi connectivity index (χ0) is 12.1. The molecule has 4 nitrogen and oxygen atoms in total. The van der Waals surface area contributed by atoms with Gasteiger partial charge in [0.1, 0.15) is 0 Å². The van der Waals surface area contributed by atoms with E-state index in [-0.39, 0.29) is 5.56 Å². The predicted octanol–water partition coefficient (Wildman–Crippen LogP) is 1.42. The van der Waals surface area contributed by atoms with Gasteiger partial charge in [0, 0.05) is 17.5 Å². The Labute approximate surface area is 106 Å². The van der Waals surface area contributed by atoms with Gasteiger partial charge in [0.25, 0.3) is 5.56 Å². The van der Waals surface area contributed by atoms with Crippen LogP contribution in [0.4, 0.5) is 0 Å². The second kappa shape index (κ2) is 6.21. The number of hydrogen-bond donors (Lipinski definition) is 2. The van der Waals surface area contributed by atoms with Gasteiger partial charge >= 0.3 is 0 Å². The third-order valence-electron chi connectivity index (χ3n) is 2.90. The van der Waals surface area contributed by atoms with Crippen molar-refractivity contribution in [2.75, 3.05) is 18.8 Å². The first-order valence-corrected chi connectivity index (χ1v) is 7.20. The molecule has 2 N–H and O–H groups in total. The number of thioether (sulfide) groups is 1. The van der Waals surface area contributed by atoms with E-state index in [0.717, 1.165) is 42.5 Å². The molecule has 1 aliphatic rings. The molecular weight excluding hydrogens is 234 g/mol. The Kier molecular flexibility index (Phi) is 4.62. The number of H-pyrrole nitrogens is 1. The Morgan fingerprint density at radius 2 is 2.47 bits per heavy atom. The lowest BCUT2D eigenvalue weighted by Crippen LogP contribution is -2.13. The predicted molar refractivity (Wildman–Crippen MR) is 70.6 cm³/mol. The maximum atomic E-state index is 11.5. The van der Waals surface area contributed by atoms with Gasteiger partial charge in [-0.15, -0.1) is 0 Å². The van der Waals surface area contributed by atoms with Crippen LogP contribution in [0.15, 0.2) is 16.0 Å². The highest BCUT2D eigenvalue weighted by Gasteiger charge is 2.15. The van der Waals surface area contributed by atoms with Crippen molar-refractivity contribution >= 4 is 11.8 Å². The zero-order valence-corrected chi connectivity index (χ0v) is 11.0. The summed E-state index contributed by atoms with van der Waals surface area (Å²) in [6.45, 7) is 4.30. The van der Waals surface area contributed by atoms with Gasteiger partial charge in [0.2, 0.25) is 0 Å². The molecule has 0 amide bonds. The molecule has 0 saturated carbocycles. The van der Waals surface area contributed by atoms with Gasteiger partial charge in [-0.3, -0.25) is 4.79 Å². The number of nitrogens with one attached hydrogen (secondary N) is 2. The van der Waals surface area contributed by atoms with E-state index in [9.17, 15) is 4.79 Å². The molecule has 17 heavy (non-hydrogen) atoms. The van der Waals surface area contributed by atoms with E-state index in [4.69, 9.17) is 0 Å². The molecule has 0 radical (unpaired) electrons. The normalized spacial score (nSPS) is 19.7. The van der Waals surface area contributed by atoms with E-state index in [2.05, 4.69) is 22.2 Å². The van der Waals surface area contributed by atoms with Crippen molar-refractivity contribution in [3.05, 3.63) is 22.1 Å². The largest absolute Gasteiger partial charge is 0.316 e. The van der Waals surface area contributed by atoms with E-state index in [1.807, 2.05) is 0 Å². The molecule has 0 spiro atoms. The summed E-state index contributed by atoms with van der Waals surface area (Å²) in [5, 5.41) is 4.12. The average Bonchev–Trinajstić information content (AvgIpc) is 2.79. The molecule has 2 heterocycles. The summed E-state index contributed by atoms with van der Waals surface area (Å²) in [6, 6.07) is 1.60. The van der Waals surface area contributed by atoms with Gasteiger partial charge in [-0.05, 0) is 31.8 Å². The van der Waals surface area contributed by atoms with Crippen LogP contribution in [0.5, 0.6) is 0 Å². The molecule has 1 fully saturated rings. The number of hydrogen-bond acceptors (Lipinski definition) is 4. The minimum absolute atomic E-state index is 0.0319. The van der Waals surface area contributed by atoms with Crippen LogP contribution in [0.1, 0.15) is 25.5 Å². The van der Waals surface area contributed by atoms with Crippen molar-refractivity contribution < 1.29 is 0 Å². The molecule has 0 bridgehead atoms. The van der Waals surface area contributed by atoms with Gasteiger partial charge in [-0.2, -0.15) is 0 Å². The molecule has 1 saturated heterocycles. The van der Waals surface area contributed by atoms with Gasteiger partial charge in [-0.25, -0.2) is 4.98 Å². The van der Waals surface area contributed by atoms with E-state index in [1.165, 1.54) is 6.42 Å². The Morgan fingerprint density at radius 3 is 3.18 bits per heavy atom. The lowest BCUT2D eigenvalue weighted by Gasteiger charge is -2.07. The minimum Gasteiger partial charge on any atom is -0.316 e. The van der Waals surface area contributed by atoms with Gasteiger partial charge < -0.3 is 10.3 Å². The highest BCUT2D eigenvalue weighted by molar-refractivity contribution is 7.99. The number of aryl methyl sites for hydroxylation is 1. The molecule has 5 heteroatoms. The topological polar surface area (TPSA) is 57.8 Å². The molecule has 1 unspecified atom stereocenters. The van der Waals surface area contributed by atoms with Crippen molar-refractivity contribution in [3.63, 3.8) is 0 Å². The zero-order valence-electron chi connectivity index (χ0n) is 10.2. The molecule has 94 valence electrons. The molecule has 1 aliphatic heterocycles. The second-order valence-corrected chi connectivity index (χ2v) is 5.47. The van der Waals surface area contributed by atoms with Crippen LogP contribution in [0.2, 0.25) is 0 Å². The molecular formula is C12H19N3OS. The van der Waals surface area contributed by atoms with Gasteiger partial charge in [0.05, 0.1) is 0 Å². The lowest BCUT2D eigenvalue weighted by atomic mass is 10.2. The molecule has 1 aromatic rings. The quantitative estimate of drug-likeness (QED) is 0.615. The summed E-state index contributed by atoms with van der Waals surface area (Å²) < 4.78 is 0. The molecule has 1 aromatic heterocycles. The van der Waals surface area contributed by atoms with Crippen LogP contribution in [-0.4, -0.2) is 28.8 Å². The van der Waals surface area contributed by atoms with Crippen molar-refractivity contribution in [1.29, 1.82) is 0 Å². The third kappa shape index (κ3) is 3.85. The smallest absolute Gasteiger partial charge is 0.251 e. The number of rotatable bonds is 5. The van der Waals surface area contributed by atoms with Crippen molar-refractivity contribution in [3.8, 4) is 0 Å². The van der Waals surface area contributed by atoms with E-state index in [0.29, 0.717) is 5.92 Å². The fourth-order valence-electron chi connectivity index (χ4n) is 1.99. The highest BCUT2D eigenvalue weighted by Crippen LogP contribution is 2.19. The summed E-state index contributed by atoms with van der Waals surface area (Å²) in [4.78, 5) is 18.7. The number of aromatic amines is 1. The summed E-state index contributed by atoms with van der Waals surface area (Å²) in [5.41, 5.74) is 0.874. The summed E-state index contributed by atoms with van der Waals surface area (Å²) in [6.07, 6.45) is 3.13. The van der Waals surface area contributed by atoms with Gasteiger partial charge in [0.15, 0.2) is 5.16 Å².